The fraction of sp³-hybridized carbons (Fsp3) is 0.261. The van der Waals surface area contributed by atoms with E-state index in [0.717, 1.165) is 11.1 Å². The zero-order valence-corrected chi connectivity index (χ0v) is 15.3. The molecule has 1 aliphatic heterocycles. The summed E-state index contributed by atoms with van der Waals surface area (Å²) in [5.41, 5.74) is 2.77. The van der Waals surface area contributed by atoms with Gasteiger partial charge in [-0.1, -0.05) is 67.6 Å². The second-order valence-electron chi connectivity index (χ2n) is 7.40. The highest BCUT2D eigenvalue weighted by atomic mass is 16.2. The van der Waals surface area contributed by atoms with Gasteiger partial charge in [0.2, 0.25) is 5.91 Å². The van der Waals surface area contributed by atoms with Gasteiger partial charge in [0.25, 0.3) is 0 Å². The Bertz CT molecular complexity index is 961. The number of carbonyl (C=O) groups is 3. The number of hydrogen-bond acceptors (Lipinski definition) is 3. The number of fused-ring (bicyclic) bond motifs is 2. The van der Waals surface area contributed by atoms with Gasteiger partial charge in [-0.25, -0.2) is 0 Å². The molecule has 1 N–H and O–H groups in total. The molecule has 2 aromatic rings. The van der Waals surface area contributed by atoms with E-state index >= 15 is 0 Å². The van der Waals surface area contributed by atoms with Gasteiger partial charge in [-0.05, 0) is 18.1 Å². The van der Waals surface area contributed by atoms with Gasteiger partial charge in [-0.2, -0.15) is 0 Å². The Labute approximate surface area is 158 Å². The van der Waals surface area contributed by atoms with Crippen molar-refractivity contribution in [1.82, 2.24) is 5.32 Å². The van der Waals surface area contributed by atoms with Gasteiger partial charge >= 0.3 is 0 Å². The van der Waals surface area contributed by atoms with E-state index < -0.39 is 23.8 Å². The summed E-state index contributed by atoms with van der Waals surface area (Å²) in [6.07, 6.45) is 1.97. The number of amides is 1. The normalized spacial score (nSPS) is 27.6. The second kappa shape index (κ2) is 6.62. The molecular weight excluding hydrogens is 338 g/mol. The molecule has 2 aliphatic rings. The lowest BCUT2D eigenvalue weighted by Crippen LogP contribution is -2.60. The molecule has 2 aromatic carbocycles. The molecule has 0 unspecified atom stereocenters. The molecule has 27 heavy (non-hydrogen) atoms. The smallest absolute Gasteiger partial charge is 0.224 e. The Balaban J connectivity index is 1.81. The van der Waals surface area contributed by atoms with Crippen LogP contribution in [-0.2, 0) is 4.79 Å². The lowest BCUT2D eigenvalue weighted by molar-refractivity contribution is -0.129. The van der Waals surface area contributed by atoms with E-state index in [0.29, 0.717) is 11.1 Å². The molecule has 0 aromatic heterocycles. The van der Waals surface area contributed by atoms with Crippen molar-refractivity contribution in [3.63, 3.8) is 0 Å². The van der Waals surface area contributed by atoms with E-state index in [2.05, 4.69) is 5.32 Å². The molecule has 136 valence electrons. The number of nitrogens with one attached hydrogen (secondary N) is 1. The third kappa shape index (κ3) is 2.81. The summed E-state index contributed by atoms with van der Waals surface area (Å²) in [4.78, 5) is 39.0. The molecule has 4 atom stereocenters. The number of piperidine rings is 1. The van der Waals surface area contributed by atoms with Gasteiger partial charge in [0.05, 0.1) is 12.0 Å². The highest BCUT2D eigenvalue weighted by Crippen LogP contribution is 2.41. The molecule has 1 amide bonds. The molecule has 0 spiro atoms. The Morgan fingerprint density at radius 3 is 2.04 bits per heavy atom. The highest BCUT2D eigenvalue weighted by molar-refractivity contribution is 6.18. The van der Waals surface area contributed by atoms with E-state index in [4.69, 9.17) is 0 Å². The summed E-state index contributed by atoms with van der Waals surface area (Å²) in [7, 11) is 0. The Hall–Kier alpha value is -3.01. The van der Waals surface area contributed by atoms with Gasteiger partial charge in [-0.15, -0.1) is 0 Å². The third-order valence-electron chi connectivity index (χ3n) is 5.74. The van der Waals surface area contributed by atoms with Crippen molar-refractivity contribution in [3.05, 3.63) is 76.9 Å². The first-order valence-electron chi connectivity index (χ1n) is 9.20. The van der Waals surface area contributed by atoms with E-state index in [1.807, 2.05) is 43.3 Å². The molecule has 1 saturated heterocycles. The maximum Gasteiger partial charge on any atom is 0.224 e. The van der Waals surface area contributed by atoms with Crippen LogP contribution in [0.5, 0.6) is 0 Å². The summed E-state index contributed by atoms with van der Waals surface area (Å²) < 4.78 is 0. The number of Topliss-reactive ketones (excluding diaryl/α,β-unsaturated/α-hetero) is 2. The molecule has 0 radical (unpaired) electrons. The molecule has 1 fully saturated rings. The monoisotopic (exact) mass is 359 g/mol. The molecule has 4 heteroatoms. The van der Waals surface area contributed by atoms with E-state index in [9.17, 15) is 14.4 Å². The Morgan fingerprint density at radius 2 is 1.41 bits per heavy atom. The molecule has 1 aliphatic carbocycles. The van der Waals surface area contributed by atoms with Crippen LogP contribution in [0.25, 0.3) is 6.08 Å². The van der Waals surface area contributed by atoms with Crippen LogP contribution in [0.2, 0.25) is 0 Å². The summed E-state index contributed by atoms with van der Waals surface area (Å²) in [6, 6.07) is 16.2. The zero-order chi connectivity index (χ0) is 19.1. The fourth-order valence-electron chi connectivity index (χ4n) is 4.33. The zero-order valence-electron chi connectivity index (χ0n) is 15.3. The van der Waals surface area contributed by atoms with Gasteiger partial charge in [-0.3, -0.25) is 14.4 Å². The SMILES string of the molecule is C/C(=C\c1ccccc1)[C@H]1NC(=O)[C@@H](C)[C@@H]2C(=O)c3ccccc3C(=O)[C@H]21. The minimum absolute atomic E-state index is 0.0622. The predicted molar refractivity (Wildman–Crippen MR) is 103 cm³/mol. The third-order valence-corrected chi connectivity index (χ3v) is 5.74. The van der Waals surface area contributed by atoms with Crippen LogP contribution in [0.15, 0.2) is 60.2 Å². The van der Waals surface area contributed by atoms with Crippen LogP contribution in [0.3, 0.4) is 0 Å². The molecule has 4 rings (SSSR count). The van der Waals surface area contributed by atoms with Gasteiger partial charge < -0.3 is 5.32 Å². The maximum atomic E-state index is 13.3. The van der Waals surface area contributed by atoms with Crippen LogP contribution in [0, 0.1) is 17.8 Å². The van der Waals surface area contributed by atoms with Crippen molar-refractivity contribution in [2.24, 2.45) is 17.8 Å². The quantitative estimate of drug-likeness (QED) is 0.892. The van der Waals surface area contributed by atoms with Crippen LogP contribution in [-0.4, -0.2) is 23.5 Å². The Morgan fingerprint density at radius 1 is 0.852 bits per heavy atom. The molecule has 1 heterocycles. The first-order chi connectivity index (χ1) is 13.0. The van der Waals surface area contributed by atoms with Crippen LogP contribution in [0.4, 0.5) is 0 Å². The average Bonchev–Trinajstić information content (AvgIpc) is 2.68. The summed E-state index contributed by atoms with van der Waals surface area (Å²) in [5, 5.41) is 2.99. The first kappa shape index (κ1) is 17.4. The van der Waals surface area contributed by atoms with Gasteiger partial charge in [0.1, 0.15) is 0 Å². The Kier molecular flexibility index (Phi) is 4.27. The summed E-state index contributed by atoms with van der Waals surface area (Å²) in [6.45, 7) is 3.64. The van der Waals surface area contributed by atoms with Crippen molar-refractivity contribution in [2.75, 3.05) is 0 Å². The highest BCUT2D eigenvalue weighted by Gasteiger charge is 2.52. The number of carbonyl (C=O) groups excluding carboxylic acids is 3. The van der Waals surface area contributed by atoms with Crippen molar-refractivity contribution < 1.29 is 14.4 Å². The van der Waals surface area contributed by atoms with E-state index in [1.54, 1.807) is 31.2 Å². The first-order valence-corrected chi connectivity index (χ1v) is 9.20. The van der Waals surface area contributed by atoms with Gasteiger partial charge in [0.15, 0.2) is 11.6 Å². The number of rotatable bonds is 2. The lowest BCUT2D eigenvalue weighted by Gasteiger charge is -2.43. The molecule has 0 bridgehead atoms. The van der Waals surface area contributed by atoms with Gasteiger partial charge in [0, 0.05) is 23.0 Å². The van der Waals surface area contributed by atoms with Crippen molar-refractivity contribution in [2.45, 2.75) is 19.9 Å². The van der Waals surface area contributed by atoms with Crippen LogP contribution >= 0.6 is 0 Å². The van der Waals surface area contributed by atoms with E-state index in [-0.39, 0.29) is 17.5 Å². The maximum absolute atomic E-state index is 13.3. The summed E-state index contributed by atoms with van der Waals surface area (Å²) in [5.74, 6) is -2.06. The topological polar surface area (TPSA) is 63.2 Å². The molecule has 4 nitrogen and oxygen atoms in total. The number of benzene rings is 2. The minimum atomic E-state index is -0.620. The van der Waals surface area contributed by atoms with Crippen molar-refractivity contribution >= 4 is 23.5 Å². The second-order valence-corrected chi connectivity index (χ2v) is 7.40. The lowest BCUT2D eigenvalue weighted by atomic mass is 9.63. The fourth-order valence-corrected chi connectivity index (χ4v) is 4.33. The standard InChI is InChI=1S/C23H21NO3/c1-13(12-15-8-4-3-5-9-15)20-19-18(14(2)23(27)24-20)21(25)16-10-6-7-11-17(16)22(19)26/h3-12,14,18-20H,1-2H3,(H,24,27)/b13-12+/t14-,18-,19+,20+/m0/s1. The number of hydrogen-bond donors (Lipinski definition) is 1. The molecular formula is C23H21NO3. The number of ketones is 2. The average molecular weight is 359 g/mol. The van der Waals surface area contributed by atoms with Crippen molar-refractivity contribution in [3.8, 4) is 0 Å². The minimum Gasteiger partial charge on any atom is -0.349 e. The van der Waals surface area contributed by atoms with Crippen LogP contribution in [0.1, 0.15) is 40.1 Å². The summed E-state index contributed by atoms with van der Waals surface area (Å²) >= 11 is 0. The van der Waals surface area contributed by atoms with Crippen LogP contribution < -0.4 is 5.32 Å². The van der Waals surface area contributed by atoms with Crippen molar-refractivity contribution in [1.29, 1.82) is 0 Å². The van der Waals surface area contributed by atoms with E-state index in [1.165, 1.54) is 0 Å². The largest absolute Gasteiger partial charge is 0.349 e. The predicted octanol–water partition coefficient (Wildman–Crippen LogP) is 3.54. The molecule has 0 saturated carbocycles.